The summed E-state index contributed by atoms with van der Waals surface area (Å²) in [4.78, 5) is 2.40. The highest BCUT2D eigenvalue weighted by molar-refractivity contribution is 5.68. The van der Waals surface area contributed by atoms with Crippen LogP contribution >= 0.6 is 0 Å². The second kappa shape index (κ2) is 8.23. The van der Waals surface area contributed by atoms with Crippen molar-refractivity contribution in [2.24, 2.45) is 11.8 Å². The van der Waals surface area contributed by atoms with Gasteiger partial charge in [-0.3, -0.25) is 0 Å². The zero-order valence-corrected chi connectivity index (χ0v) is 16.9. The van der Waals surface area contributed by atoms with Crippen molar-refractivity contribution >= 4 is 11.6 Å². The molecule has 4 heteroatoms. The number of hydrogen-bond acceptors (Lipinski definition) is 3. The van der Waals surface area contributed by atoms with Crippen LogP contribution in [-0.4, -0.2) is 43.4 Å². The minimum Gasteiger partial charge on any atom is -0.380 e. The van der Waals surface area contributed by atoms with Crippen molar-refractivity contribution in [3.63, 3.8) is 0 Å². The first-order chi connectivity index (χ1) is 14.0. The number of benzene rings is 2. The third kappa shape index (κ3) is 4.35. The molecule has 2 unspecified atom stereocenters. The van der Waals surface area contributed by atoms with Gasteiger partial charge < -0.3 is 14.7 Å². The molecule has 1 aliphatic carbocycles. The molecule has 2 fully saturated rings. The molecule has 2 heterocycles. The minimum absolute atomic E-state index is 0.151. The minimum atomic E-state index is -0.750. The summed E-state index contributed by atoms with van der Waals surface area (Å²) < 4.78 is 17.8. The van der Waals surface area contributed by atoms with E-state index in [9.17, 15) is 9.50 Å². The zero-order chi connectivity index (χ0) is 20.4. The van der Waals surface area contributed by atoms with Gasteiger partial charge in [0, 0.05) is 13.1 Å². The van der Waals surface area contributed by atoms with E-state index in [0.29, 0.717) is 19.1 Å². The lowest BCUT2D eigenvalue weighted by Gasteiger charge is -2.36. The van der Waals surface area contributed by atoms with Gasteiger partial charge in [0.2, 0.25) is 0 Å². The maximum Gasteiger partial charge on any atom is 0.136 e. The van der Waals surface area contributed by atoms with Crippen LogP contribution in [-0.2, 0) is 10.3 Å². The number of nitrogens with zero attached hydrogens (tertiary/aromatic N) is 1. The van der Waals surface area contributed by atoms with Crippen LogP contribution in [0.1, 0.15) is 23.1 Å². The summed E-state index contributed by atoms with van der Waals surface area (Å²) in [6.45, 7) is 6.85. The Balaban J connectivity index is 0.000000145. The summed E-state index contributed by atoms with van der Waals surface area (Å²) in [6, 6.07) is 14.6. The number of aliphatic hydroxyl groups is 1. The molecule has 152 valence electrons. The van der Waals surface area contributed by atoms with Gasteiger partial charge in [-0.1, -0.05) is 55.1 Å². The van der Waals surface area contributed by atoms with Crippen LogP contribution in [0.2, 0.25) is 0 Å². The van der Waals surface area contributed by atoms with Crippen LogP contribution < -0.4 is 0 Å². The Labute approximate surface area is 172 Å². The predicted molar refractivity (Wildman–Crippen MR) is 115 cm³/mol. The molecule has 3 nitrogen and oxygen atoms in total. The van der Waals surface area contributed by atoms with Crippen molar-refractivity contribution in [2.45, 2.75) is 12.0 Å². The molecule has 2 aromatic rings. The van der Waals surface area contributed by atoms with E-state index < -0.39 is 5.60 Å². The number of fused-ring (bicyclic) bond motifs is 1. The zero-order valence-electron chi connectivity index (χ0n) is 16.9. The maximum atomic E-state index is 12.8. The number of allylic oxidation sites excluding steroid dienone is 1. The fraction of sp³-hybridized carbons (Fsp3) is 0.360. The van der Waals surface area contributed by atoms with Gasteiger partial charge in [0.25, 0.3) is 0 Å². The smallest absolute Gasteiger partial charge is 0.136 e. The first-order valence-electron chi connectivity index (χ1n) is 10.2. The molecule has 1 N–H and O–H groups in total. The molecule has 2 aromatic carbocycles. The van der Waals surface area contributed by atoms with Crippen LogP contribution in [0.4, 0.5) is 4.39 Å². The SMILES string of the molecule is C=Cc1ccc(C2(O)COC2)cc1.CN1CC2C=C(c3ccc(F)cc3)CC2C1. The van der Waals surface area contributed by atoms with E-state index >= 15 is 0 Å². The number of hydrogen-bond donors (Lipinski definition) is 1. The van der Waals surface area contributed by atoms with Gasteiger partial charge in [0.1, 0.15) is 11.4 Å². The summed E-state index contributed by atoms with van der Waals surface area (Å²) in [5.41, 5.74) is 3.83. The van der Waals surface area contributed by atoms with Gasteiger partial charge in [0.15, 0.2) is 0 Å². The van der Waals surface area contributed by atoms with E-state index in [2.05, 4.69) is 24.6 Å². The Hall–Kier alpha value is -2.27. The Bertz CT molecular complexity index is 884. The van der Waals surface area contributed by atoms with Crippen molar-refractivity contribution in [1.29, 1.82) is 0 Å². The highest BCUT2D eigenvalue weighted by atomic mass is 19.1. The molecule has 0 radical (unpaired) electrons. The molecule has 29 heavy (non-hydrogen) atoms. The average molecular weight is 394 g/mol. The van der Waals surface area contributed by atoms with E-state index in [1.54, 1.807) is 18.2 Å². The number of ether oxygens (including phenoxy) is 1. The molecule has 3 aliphatic rings. The first-order valence-corrected chi connectivity index (χ1v) is 10.2. The van der Waals surface area contributed by atoms with Gasteiger partial charge in [0.05, 0.1) is 13.2 Å². The highest BCUT2D eigenvalue weighted by Gasteiger charge is 2.37. The van der Waals surface area contributed by atoms with Gasteiger partial charge in [-0.05, 0) is 59.7 Å². The molecule has 0 spiro atoms. The number of rotatable bonds is 3. The summed E-state index contributed by atoms with van der Waals surface area (Å²) in [7, 11) is 2.18. The Kier molecular flexibility index (Phi) is 5.68. The lowest BCUT2D eigenvalue weighted by molar-refractivity contribution is -0.184. The van der Waals surface area contributed by atoms with Crippen molar-refractivity contribution in [1.82, 2.24) is 4.90 Å². The quantitative estimate of drug-likeness (QED) is 0.842. The second-order valence-corrected chi connectivity index (χ2v) is 8.40. The van der Waals surface area contributed by atoms with Crippen LogP contribution in [0.25, 0.3) is 11.6 Å². The van der Waals surface area contributed by atoms with Crippen molar-refractivity contribution < 1.29 is 14.2 Å². The largest absolute Gasteiger partial charge is 0.380 e. The molecule has 0 aromatic heterocycles. The van der Waals surface area contributed by atoms with Crippen molar-refractivity contribution in [3.05, 3.63) is 83.7 Å². The van der Waals surface area contributed by atoms with Crippen molar-refractivity contribution in [3.8, 4) is 0 Å². The molecular formula is C25H28FNO2. The van der Waals surface area contributed by atoms with Crippen LogP contribution in [0.15, 0.2) is 61.2 Å². The van der Waals surface area contributed by atoms with Crippen LogP contribution in [0.3, 0.4) is 0 Å². The molecule has 0 bridgehead atoms. The standard InChI is InChI=1S/C14H16FN.C11H12O2/c1-16-8-12-6-11(7-13(12)9-16)10-2-4-14(15)5-3-10;1-2-9-3-5-10(6-4-9)11(12)7-13-8-11/h2-6,12-13H,7-9H2,1H3;2-6,12H,1,7-8H2. The van der Waals surface area contributed by atoms with E-state index in [1.807, 2.05) is 36.4 Å². The molecule has 2 atom stereocenters. The second-order valence-electron chi connectivity index (χ2n) is 8.40. The summed E-state index contributed by atoms with van der Waals surface area (Å²) >= 11 is 0. The summed E-state index contributed by atoms with van der Waals surface area (Å²) in [5.74, 6) is 1.34. The maximum absolute atomic E-state index is 12.8. The fourth-order valence-corrected chi connectivity index (χ4v) is 4.40. The Morgan fingerprint density at radius 1 is 1.10 bits per heavy atom. The van der Waals surface area contributed by atoms with E-state index in [-0.39, 0.29) is 5.82 Å². The number of halogens is 1. The molecule has 2 saturated heterocycles. The van der Waals surface area contributed by atoms with Crippen LogP contribution in [0.5, 0.6) is 0 Å². The molecule has 2 aliphatic heterocycles. The lowest BCUT2D eigenvalue weighted by Crippen LogP contribution is -2.46. The summed E-state index contributed by atoms with van der Waals surface area (Å²) in [5, 5.41) is 9.89. The average Bonchev–Trinajstić information content (AvgIpc) is 3.25. The summed E-state index contributed by atoms with van der Waals surface area (Å²) in [6.07, 6.45) is 5.33. The molecular weight excluding hydrogens is 365 g/mol. The van der Waals surface area contributed by atoms with E-state index in [0.717, 1.165) is 23.5 Å². The van der Waals surface area contributed by atoms with Gasteiger partial charge >= 0.3 is 0 Å². The van der Waals surface area contributed by atoms with Gasteiger partial charge in [-0.2, -0.15) is 0 Å². The lowest BCUT2D eigenvalue weighted by atomic mass is 9.91. The Morgan fingerprint density at radius 3 is 2.34 bits per heavy atom. The Morgan fingerprint density at radius 2 is 1.79 bits per heavy atom. The molecule has 0 amide bonds. The van der Waals surface area contributed by atoms with E-state index in [4.69, 9.17) is 4.74 Å². The van der Waals surface area contributed by atoms with Crippen molar-refractivity contribution in [2.75, 3.05) is 33.4 Å². The fourth-order valence-electron chi connectivity index (χ4n) is 4.40. The first kappa shape index (κ1) is 20.0. The predicted octanol–water partition coefficient (Wildman–Crippen LogP) is 4.34. The molecule has 0 saturated carbocycles. The number of likely N-dealkylation sites (tertiary alicyclic amines) is 1. The third-order valence-electron chi connectivity index (χ3n) is 6.15. The van der Waals surface area contributed by atoms with Gasteiger partial charge in [-0.15, -0.1) is 0 Å². The van der Waals surface area contributed by atoms with Crippen LogP contribution in [0, 0.1) is 17.7 Å². The molecule has 5 rings (SSSR count). The third-order valence-corrected chi connectivity index (χ3v) is 6.15. The van der Waals surface area contributed by atoms with Gasteiger partial charge in [-0.25, -0.2) is 4.39 Å². The van der Waals surface area contributed by atoms with E-state index in [1.165, 1.54) is 24.2 Å². The normalized spacial score (nSPS) is 24.7. The topological polar surface area (TPSA) is 32.7 Å². The highest BCUT2D eigenvalue weighted by Crippen LogP contribution is 2.40. The monoisotopic (exact) mass is 393 g/mol.